The van der Waals surface area contributed by atoms with Crippen molar-refractivity contribution in [2.45, 2.75) is 44.6 Å². The van der Waals surface area contributed by atoms with Gasteiger partial charge in [-0.2, -0.15) is 5.10 Å². The van der Waals surface area contributed by atoms with E-state index in [-0.39, 0.29) is 41.5 Å². The number of amides is 3. The number of hydrogen-bond donors (Lipinski definition) is 2. The standard InChI is InChI=1S/C19H27N5O3/c1-23-10-14(9-21-23)15-7-13(8-17(26)22-15)18(27)24-6-2-4-19(12-24)5-3-16(25)20-11-19/h9-10,13,15H,2-8,11-12H2,1H3,(H,20,25)(H,22,26)/t13-,15-,19?/m0/s1. The van der Waals surface area contributed by atoms with E-state index in [2.05, 4.69) is 15.7 Å². The van der Waals surface area contributed by atoms with E-state index in [0.717, 1.165) is 31.4 Å². The molecule has 0 radical (unpaired) electrons. The molecule has 4 rings (SSSR count). The van der Waals surface area contributed by atoms with Gasteiger partial charge in [-0.15, -0.1) is 0 Å². The van der Waals surface area contributed by atoms with Gasteiger partial charge in [0.2, 0.25) is 17.7 Å². The Labute approximate surface area is 158 Å². The lowest BCUT2D eigenvalue weighted by Gasteiger charge is -2.46. The molecule has 3 saturated heterocycles. The van der Waals surface area contributed by atoms with E-state index in [4.69, 9.17) is 0 Å². The molecule has 0 aromatic carbocycles. The zero-order valence-electron chi connectivity index (χ0n) is 15.7. The van der Waals surface area contributed by atoms with Gasteiger partial charge in [-0.25, -0.2) is 0 Å². The van der Waals surface area contributed by atoms with Gasteiger partial charge in [0.1, 0.15) is 0 Å². The van der Waals surface area contributed by atoms with Gasteiger partial charge < -0.3 is 15.5 Å². The van der Waals surface area contributed by atoms with Crippen LogP contribution < -0.4 is 10.6 Å². The van der Waals surface area contributed by atoms with Crippen LogP contribution in [-0.2, 0) is 21.4 Å². The maximum absolute atomic E-state index is 13.2. The fourth-order valence-electron chi connectivity index (χ4n) is 4.78. The van der Waals surface area contributed by atoms with Crippen LogP contribution in [0, 0.1) is 11.3 Å². The molecule has 3 aliphatic heterocycles. The van der Waals surface area contributed by atoms with Crippen molar-refractivity contribution in [3.8, 4) is 0 Å². The molecule has 146 valence electrons. The minimum Gasteiger partial charge on any atom is -0.355 e. The van der Waals surface area contributed by atoms with Crippen LogP contribution in [0.2, 0.25) is 0 Å². The average molecular weight is 373 g/mol. The van der Waals surface area contributed by atoms with Gasteiger partial charge >= 0.3 is 0 Å². The molecule has 3 amide bonds. The number of rotatable bonds is 2. The van der Waals surface area contributed by atoms with Crippen molar-refractivity contribution in [3.05, 3.63) is 18.0 Å². The van der Waals surface area contributed by atoms with Gasteiger partial charge in [-0.3, -0.25) is 19.1 Å². The zero-order valence-corrected chi connectivity index (χ0v) is 15.7. The highest BCUT2D eigenvalue weighted by molar-refractivity contribution is 5.87. The van der Waals surface area contributed by atoms with Crippen molar-refractivity contribution in [3.63, 3.8) is 0 Å². The Balaban J connectivity index is 1.45. The first-order valence-corrected chi connectivity index (χ1v) is 9.78. The second-order valence-corrected chi connectivity index (χ2v) is 8.34. The number of nitrogens with zero attached hydrogens (tertiary/aromatic N) is 3. The van der Waals surface area contributed by atoms with Crippen LogP contribution in [0.1, 0.15) is 50.1 Å². The molecule has 8 heteroatoms. The molecule has 1 spiro atoms. The Kier molecular flexibility index (Phi) is 4.65. The Hall–Kier alpha value is -2.38. The molecule has 0 bridgehead atoms. The SMILES string of the molecule is Cn1cc([C@@H]2C[C@H](C(=O)N3CCCC4(CCC(=O)NC4)C3)CC(=O)N2)cn1. The minimum absolute atomic E-state index is 0.00149. The monoisotopic (exact) mass is 373 g/mol. The highest BCUT2D eigenvalue weighted by atomic mass is 16.2. The molecule has 2 N–H and O–H groups in total. The van der Waals surface area contributed by atoms with Crippen LogP contribution in [0.25, 0.3) is 0 Å². The molecule has 0 aliphatic carbocycles. The summed E-state index contributed by atoms with van der Waals surface area (Å²) in [6, 6.07) is -0.165. The fourth-order valence-corrected chi connectivity index (χ4v) is 4.78. The number of likely N-dealkylation sites (tertiary alicyclic amines) is 1. The average Bonchev–Trinajstić information content (AvgIpc) is 3.10. The summed E-state index contributed by atoms with van der Waals surface area (Å²) in [4.78, 5) is 38.9. The first-order valence-electron chi connectivity index (χ1n) is 9.78. The fraction of sp³-hybridized carbons (Fsp3) is 0.684. The molecule has 3 atom stereocenters. The summed E-state index contributed by atoms with van der Waals surface area (Å²) in [5.41, 5.74) is 0.940. The molecule has 1 unspecified atom stereocenters. The number of nitrogens with one attached hydrogen (secondary N) is 2. The third kappa shape index (κ3) is 3.70. The van der Waals surface area contributed by atoms with Gasteiger partial charge in [0.25, 0.3) is 0 Å². The lowest BCUT2D eigenvalue weighted by Crippen LogP contribution is -2.55. The minimum atomic E-state index is -0.294. The number of aryl methyl sites for hydroxylation is 1. The molecule has 1 aromatic heterocycles. The topological polar surface area (TPSA) is 96.3 Å². The number of hydrogen-bond acceptors (Lipinski definition) is 4. The van der Waals surface area contributed by atoms with Gasteiger partial charge in [-0.05, 0) is 25.7 Å². The van der Waals surface area contributed by atoms with Crippen molar-refractivity contribution < 1.29 is 14.4 Å². The summed E-state index contributed by atoms with van der Waals surface area (Å²) in [5.74, 6) is -0.190. The summed E-state index contributed by atoms with van der Waals surface area (Å²) in [5, 5.41) is 10.1. The predicted octanol–water partition coefficient (Wildman–Crippen LogP) is 0.506. The van der Waals surface area contributed by atoms with Crippen LogP contribution in [0.3, 0.4) is 0 Å². The quantitative estimate of drug-likeness (QED) is 0.789. The lowest BCUT2D eigenvalue weighted by atomic mass is 9.74. The number of aromatic nitrogens is 2. The molecule has 4 heterocycles. The first kappa shape index (κ1) is 18.0. The smallest absolute Gasteiger partial charge is 0.226 e. The highest BCUT2D eigenvalue weighted by Gasteiger charge is 2.42. The molecule has 3 aliphatic rings. The number of carbonyl (C=O) groups excluding carboxylic acids is 3. The predicted molar refractivity (Wildman–Crippen MR) is 97.3 cm³/mol. The van der Waals surface area contributed by atoms with E-state index < -0.39 is 0 Å². The van der Waals surface area contributed by atoms with Crippen molar-refractivity contribution in [1.82, 2.24) is 25.3 Å². The summed E-state index contributed by atoms with van der Waals surface area (Å²) >= 11 is 0. The van der Waals surface area contributed by atoms with E-state index in [1.54, 1.807) is 10.9 Å². The van der Waals surface area contributed by atoms with E-state index in [9.17, 15) is 14.4 Å². The summed E-state index contributed by atoms with van der Waals surface area (Å²) in [6.45, 7) is 2.07. The van der Waals surface area contributed by atoms with E-state index in [1.807, 2.05) is 18.1 Å². The molecular weight excluding hydrogens is 346 g/mol. The molecule has 0 saturated carbocycles. The van der Waals surface area contributed by atoms with Crippen LogP contribution in [0.15, 0.2) is 12.4 Å². The van der Waals surface area contributed by atoms with Gasteiger partial charge in [-0.1, -0.05) is 0 Å². The van der Waals surface area contributed by atoms with Crippen LogP contribution in [0.4, 0.5) is 0 Å². The third-order valence-corrected chi connectivity index (χ3v) is 6.28. The molecule has 3 fully saturated rings. The normalized spacial score (nSPS) is 31.5. The molecular formula is C19H27N5O3. The Morgan fingerprint density at radius 1 is 1.30 bits per heavy atom. The molecule has 27 heavy (non-hydrogen) atoms. The molecule has 1 aromatic rings. The maximum atomic E-state index is 13.2. The Bertz CT molecular complexity index is 748. The Morgan fingerprint density at radius 3 is 2.85 bits per heavy atom. The lowest BCUT2D eigenvalue weighted by molar-refractivity contribution is -0.144. The summed E-state index contributed by atoms with van der Waals surface area (Å²) in [6.07, 6.45) is 7.86. The summed E-state index contributed by atoms with van der Waals surface area (Å²) < 4.78 is 1.71. The van der Waals surface area contributed by atoms with Gasteiger partial charge in [0.05, 0.1) is 12.2 Å². The van der Waals surface area contributed by atoms with Gasteiger partial charge in [0, 0.05) is 62.6 Å². The van der Waals surface area contributed by atoms with E-state index >= 15 is 0 Å². The van der Waals surface area contributed by atoms with Crippen molar-refractivity contribution in [1.29, 1.82) is 0 Å². The van der Waals surface area contributed by atoms with Crippen LogP contribution in [0.5, 0.6) is 0 Å². The third-order valence-electron chi connectivity index (χ3n) is 6.28. The first-order chi connectivity index (χ1) is 12.9. The Morgan fingerprint density at radius 2 is 2.15 bits per heavy atom. The van der Waals surface area contributed by atoms with Crippen molar-refractivity contribution in [2.24, 2.45) is 18.4 Å². The van der Waals surface area contributed by atoms with Crippen molar-refractivity contribution in [2.75, 3.05) is 19.6 Å². The number of piperidine rings is 3. The van der Waals surface area contributed by atoms with Crippen molar-refractivity contribution >= 4 is 17.7 Å². The van der Waals surface area contributed by atoms with Crippen LogP contribution >= 0.6 is 0 Å². The maximum Gasteiger partial charge on any atom is 0.226 e. The zero-order chi connectivity index (χ0) is 19.0. The molecule has 8 nitrogen and oxygen atoms in total. The van der Waals surface area contributed by atoms with E-state index in [1.165, 1.54) is 0 Å². The van der Waals surface area contributed by atoms with Crippen LogP contribution in [-0.4, -0.2) is 52.0 Å². The van der Waals surface area contributed by atoms with E-state index in [0.29, 0.717) is 25.9 Å². The second-order valence-electron chi connectivity index (χ2n) is 8.34. The number of carbonyl (C=O) groups is 3. The largest absolute Gasteiger partial charge is 0.355 e. The summed E-state index contributed by atoms with van der Waals surface area (Å²) in [7, 11) is 1.84. The second kappa shape index (κ2) is 6.98. The highest BCUT2D eigenvalue weighted by Crippen LogP contribution is 2.38. The van der Waals surface area contributed by atoms with Gasteiger partial charge in [0.15, 0.2) is 0 Å².